The van der Waals surface area contributed by atoms with Crippen LogP contribution in [0, 0.1) is 5.41 Å². The van der Waals surface area contributed by atoms with E-state index in [1.165, 1.54) is 14.0 Å². The lowest BCUT2D eigenvalue weighted by atomic mass is 9.83. The zero-order chi connectivity index (χ0) is 11.6. The molecule has 0 aliphatic carbocycles. The first-order chi connectivity index (χ1) is 6.95. The van der Waals surface area contributed by atoms with E-state index in [0.29, 0.717) is 0 Å². The summed E-state index contributed by atoms with van der Waals surface area (Å²) in [5.74, 6) is -2.03. The molecule has 0 bridgehead atoms. The van der Waals surface area contributed by atoms with Crippen molar-refractivity contribution >= 4 is 17.9 Å². The van der Waals surface area contributed by atoms with Crippen molar-refractivity contribution in [1.82, 2.24) is 0 Å². The highest BCUT2D eigenvalue weighted by atomic mass is 16.6. The van der Waals surface area contributed by atoms with Crippen LogP contribution in [0.15, 0.2) is 0 Å². The van der Waals surface area contributed by atoms with Crippen molar-refractivity contribution in [3.8, 4) is 0 Å². The molecule has 0 aromatic heterocycles. The van der Waals surface area contributed by atoms with E-state index in [1.54, 1.807) is 0 Å². The van der Waals surface area contributed by atoms with E-state index in [0.717, 1.165) is 7.11 Å². The van der Waals surface area contributed by atoms with Gasteiger partial charge in [-0.3, -0.25) is 9.59 Å². The summed E-state index contributed by atoms with van der Waals surface area (Å²) in [7, 11) is 2.34. The van der Waals surface area contributed by atoms with Crippen molar-refractivity contribution in [2.45, 2.75) is 19.4 Å². The minimum absolute atomic E-state index is 0.181. The monoisotopic (exact) mass is 216 g/mol. The third kappa shape index (κ3) is 1.79. The molecule has 0 radical (unpaired) electrons. The van der Waals surface area contributed by atoms with Gasteiger partial charge in [-0.1, -0.05) is 0 Å². The molecule has 15 heavy (non-hydrogen) atoms. The molecule has 2 unspecified atom stereocenters. The van der Waals surface area contributed by atoms with E-state index in [4.69, 9.17) is 4.74 Å². The number of carbonyl (C=O) groups excluding carboxylic acids is 3. The molecule has 1 aliphatic rings. The summed E-state index contributed by atoms with van der Waals surface area (Å²) in [5, 5.41) is 0. The Labute approximate surface area is 86.5 Å². The van der Waals surface area contributed by atoms with E-state index in [2.05, 4.69) is 9.47 Å². The van der Waals surface area contributed by atoms with Crippen LogP contribution in [0.5, 0.6) is 0 Å². The molecule has 6 nitrogen and oxygen atoms in total. The molecule has 84 valence electrons. The molecule has 0 saturated carbocycles. The Morgan fingerprint density at radius 3 is 2.47 bits per heavy atom. The smallest absolute Gasteiger partial charge is 0.348 e. The number of esters is 3. The highest BCUT2D eigenvalue weighted by Crippen LogP contribution is 2.37. The molecular weight excluding hydrogens is 204 g/mol. The fourth-order valence-electron chi connectivity index (χ4n) is 1.52. The summed E-state index contributed by atoms with van der Waals surface area (Å²) in [6.07, 6.45) is -1.40. The first kappa shape index (κ1) is 11.5. The Kier molecular flexibility index (Phi) is 2.97. The van der Waals surface area contributed by atoms with Crippen molar-refractivity contribution in [2.24, 2.45) is 5.41 Å². The SMILES string of the molecule is COC(=O)C1OC(=O)CC1(C)C(=O)OC. The predicted octanol–water partition coefficient (Wildman–Crippen LogP) is -0.346. The molecule has 1 heterocycles. The average Bonchev–Trinajstić information content (AvgIpc) is 2.53. The maximum atomic E-state index is 11.4. The molecule has 6 heteroatoms. The average molecular weight is 216 g/mol. The van der Waals surface area contributed by atoms with Gasteiger partial charge in [0.15, 0.2) is 0 Å². The molecule has 0 N–H and O–H groups in total. The Hall–Kier alpha value is -1.59. The molecule has 0 aromatic carbocycles. The summed E-state index contributed by atoms with van der Waals surface area (Å²) in [4.78, 5) is 33.8. The minimum atomic E-state index is -1.29. The number of hydrogen-bond acceptors (Lipinski definition) is 6. The molecule has 1 rings (SSSR count). The van der Waals surface area contributed by atoms with Crippen LogP contribution >= 0.6 is 0 Å². The normalized spacial score (nSPS) is 29.5. The summed E-state index contributed by atoms with van der Waals surface area (Å²) >= 11 is 0. The van der Waals surface area contributed by atoms with Gasteiger partial charge in [0.25, 0.3) is 0 Å². The van der Waals surface area contributed by atoms with Crippen LogP contribution in [-0.2, 0) is 28.6 Å². The zero-order valence-electron chi connectivity index (χ0n) is 8.73. The van der Waals surface area contributed by atoms with Gasteiger partial charge in [0.05, 0.1) is 20.6 Å². The Morgan fingerprint density at radius 1 is 1.40 bits per heavy atom. The second-order valence-electron chi connectivity index (χ2n) is 3.48. The van der Waals surface area contributed by atoms with E-state index >= 15 is 0 Å². The Balaban J connectivity index is 2.99. The van der Waals surface area contributed by atoms with Gasteiger partial charge in [-0.15, -0.1) is 0 Å². The van der Waals surface area contributed by atoms with Crippen LogP contribution in [0.1, 0.15) is 13.3 Å². The molecule has 2 atom stereocenters. The summed E-state index contributed by atoms with van der Waals surface area (Å²) in [5.41, 5.74) is -1.29. The highest BCUT2D eigenvalue weighted by Gasteiger charge is 2.56. The van der Waals surface area contributed by atoms with Crippen LogP contribution in [0.25, 0.3) is 0 Å². The lowest BCUT2D eigenvalue weighted by Gasteiger charge is -2.23. The van der Waals surface area contributed by atoms with Gasteiger partial charge in [-0.25, -0.2) is 4.79 Å². The Morgan fingerprint density at radius 2 is 2.00 bits per heavy atom. The molecule has 1 saturated heterocycles. The van der Waals surface area contributed by atoms with Gasteiger partial charge < -0.3 is 14.2 Å². The van der Waals surface area contributed by atoms with Gasteiger partial charge in [0.1, 0.15) is 5.41 Å². The number of carbonyl (C=O) groups is 3. The molecule has 0 aromatic rings. The second kappa shape index (κ2) is 3.88. The van der Waals surface area contributed by atoms with E-state index in [1.807, 2.05) is 0 Å². The maximum absolute atomic E-state index is 11.4. The second-order valence-corrected chi connectivity index (χ2v) is 3.48. The molecule has 0 spiro atoms. The molecule has 1 aliphatic heterocycles. The van der Waals surface area contributed by atoms with Crippen molar-refractivity contribution in [3.63, 3.8) is 0 Å². The first-order valence-corrected chi connectivity index (χ1v) is 4.31. The largest absolute Gasteiger partial charge is 0.468 e. The van der Waals surface area contributed by atoms with Gasteiger partial charge in [0, 0.05) is 0 Å². The fourth-order valence-corrected chi connectivity index (χ4v) is 1.52. The molecule has 1 fully saturated rings. The summed E-state index contributed by atoms with van der Waals surface area (Å²) in [6.45, 7) is 1.44. The van der Waals surface area contributed by atoms with Crippen molar-refractivity contribution < 1.29 is 28.6 Å². The third-order valence-electron chi connectivity index (χ3n) is 2.41. The van der Waals surface area contributed by atoms with Crippen molar-refractivity contribution in [3.05, 3.63) is 0 Å². The third-order valence-corrected chi connectivity index (χ3v) is 2.41. The standard InChI is InChI=1S/C9H12O6/c1-9(8(12)14-3)4-5(10)15-6(9)7(11)13-2/h6H,4H2,1-3H3. The lowest BCUT2D eigenvalue weighted by molar-refractivity contribution is -0.170. The number of ether oxygens (including phenoxy) is 3. The highest BCUT2D eigenvalue weighted by molar-refractivity contribution is 5.94. The minimum Gasteiger partial charge on any atom is -0.468 e. The maximum Gasteiger partial charge on any atom is 0.348 e. The molecule has 0 amide bonds. The van der Waals surface area contributed by atoms with Crippen LogP contribution in [0.4, 0.5) is 0 Å². The van der Waals surface area contributed by atoms with Gasteiger partial charge in [0.2, 0.25) is 6.10 Å². The zero-order valence-corrected chi connectivity index (χ0v) is 8.73. The summed E-state index contributed by atoms with van der Waals surface area (Å²) < 4.78 is 13.7. The van der Waals surface area contributed by atoms with E-state index in [9.17, 15) is 14.4 Å². The summed E-state index contributed by atoms with van der Waals surface area (Å²) in [6, 6.07) is 0. The number of rotatable bonds is 2. The van der Waals surface area contributed by atoms with Crippen LogP contribution < -0.4 is 0 Å². The van der Waals surface area contributed by atoms with E-state index < -0.39 is 29.4 Å². The number of hydrogen-bond donors (Lipinski definition) is 0. The Bertz CT molecular complexity index is 310. The number of methoxy groups -OCH3 is 2. The van der Waals surface area contributed by atoms with Gasteiger partial charge >= 0.3 is 17.9 Å². The fraction of sp³-hybridized carbons (Fsp3) is 0.667. The van der Waals surface area contributed by atoms with Crippen molar-refractivity contribution in [2.75, 3.05) is 14.2 Å². The first-order valence-electron chi connectivity index (χ1n) is 4.31. The van der Waals surface area contributed by atoms with Crippen LogP contribution in [0.2, 0.25) is 0 Å². The predicted molar refractivity (Wildman–Crippen MR) is 46.6 cm³/mol. The van der Waals surface area contributed by atoms with Gasteiger partial charge in [-0.05, 0) is 6.92 Å². The van der Waals surface area contributed by atoms with Crippen LogP contribution in [0.3, 0.4) is 0 Å². The lowest BCUT2D eigenvalue weighted by Crippen LogP contribution is -2.42. The van der Waals surface area contributed by atoms with Crippen LogP contribution in [-0.4, -0.2) is 38.2 Å². The quantitative estimate of drug-likeness (QED) is 0.464. The number of cyclic esters (lactones) is 1. The van der Waals surface area contributed by atoms with Crippen molar-refractivity contribution in [1.29, 1.82) is 0 Å². The van der Waals surface area contributed by atoms with Gasteiger partial charge in [-0.2, -0.15) is 0 Å². The van der Waals surface area contributed by atoms with E-state index in [-0.39, 0.29) is 6.42 Å². The topological polar surface area (TPSA) is 78.9 Å². The molecular formula is C9H12O6.